The topological polar surface area (TPSA) is 20.3 Å². The van der Waals surface area contributed by atoms with E-state index in [1.807, 2.05) is 12.1 Å². The van der Waals surface area contributed by atoms with E-state index in [2.05, 4.69) is 48.3 Å². The van der Waals surface area contributed by atoms with Gasteiger partial charge in [-0.05, 0) is 70.9 Å². The lowest BCUT2D eigenvalue weighted by molar-refractivity contribution is 0.0708. The minimum absolute atomic E-state index is 0.139. The van der Waals surface area contributed by atoms with Crippen molar-refractivity contribution in [2.75, 3.05) is 6.54 Å². The summed E-state index contributed by atoms with van der Waals surface area (Å²) in [6.07, 6.45) is 3.44. The Morgan fingerprint density at radius 2 is 2.05 bits per heavy atom. The maximum Gasteiger partial charge on any atom is 0.254 e. The van der Waals surface area contributed by atoms with Crippen LogP contribution in [0.3, 0.4) is 0 Å². The van der Waals surface area contributed by atoms with E-state index < -0.39 is 0 Å². The maximum atomic E-state index is 12.9. The molecule has 2 fully saturated rings. The molecule has 1 saturated carbocycles. The van der Waals surface area contributed by atoms with Gasteiger partial charge in [0.15, 0.2) is 0 Å². The monoisotopic (exact) mass is 417 g/mol. The summed E-state index contributed by atoms with van der Waals surface area (Å²) in [6, 6.07) is 6.00. The fourth-order valence-corrected chi connectivity index (χ4v) is 5.01. The molecule has 0 aromatic heterocycles. The van der Waals surface area contributed by atoms with Crippen LogP contribution in [0.15, 0.2) is 18.2 Å². The van der Waals surface area contributed by atoms with Crippen LogP contribution in [0.25, 0.3) is 0 Å². The van der Waals surface area contributed by atoms with Gasteiger partial charge in [0.2, 0.25) is 0 Å². The first-order chi connectivity index (χ1) is 9.69. The van der Waals surface area contributed by atoms with E-state index in [9.17, 15) is 4.79 Å². The molecule has 2 unspecified atom stereocenters. The first-order valence-corrected chi connectivity index (χ1v) is 8.91. The summed E-state index contributed by atoms with van der Waals surface area (Å²) in [5.74, 6) is 0.139. The van der Waals surface area contributed by atoms with Crippen molar-refractivity contribution in [3.63, 3.8) is 0 Å². The van der Waals surface area contributed by atoms with Crippen molar-refractivity contribution < 1.29 is 4.79 Å². The highest BCUT2D eigenvalue weighted by Gasteiger charge is 2.50. The van der Waals surface area contributed by atoms with Gasteiger partial charge < -0.3 is 4.90 Å². The Morgan fingerprint density at radius 1 is 1.33 bits per heavy atom. The number of benzene rings is 1. The normalized spacial score (nSPS) is 30.5. The number of carbonyl (C=O) groups is 1. The second-order valence-corrected chi connectivity index (χ2v) is 9.35. The molecule has 2 nitrogen and oxygen atoms in total. The molecule has 1 heterocycles. The number of halogens is 2. The molecule has 2 aliphatic rings. The fraction of sp³-hybridized carbons (Fsp3) is 0.588. The lowest BCUT2D eigenvalue weighted by atomic mass is 9.65. The first kappa shape index (κ1) is 15.6. The van der Waals surface area contributed by atoms with E-state index in [1.165, 1.54) is 6.42 Å². The number of amides is 1. The largest absolute Gasteiger partial charge is 0.335 e. The number of likely N-dealkylation sites (tertiary alicyclic amines) is 1. The van der Waals surface area contributed by atoms with E-state index in [0.29, 0.717) is 16.5 Å². The SMILES string of the molecule is CC1(C)CC2CC(C)(CN2C(=O)c2ccc(I)c(Cl)c2)C1. The van der Waals surface area contributed by atoms with Crippen molar-refractivity contribution in [1.29, 1.82) is 0 Å². The third-order valence-electron chi connectivity index (χ3n) is 4.84. The average Bonchev–Trinajstić information content (AvgIpc) is 2.61. The standard InChI is InChI=1S/C17H21ClINO/c1-16(2)7-12-8-17(3,9-16)10-20(12)15(21)11-4-5-14(19)13(18)6-11/h4-6,12H,7-10H2,1-3H3. The molecule has 0 spiro atoms. The van der Waals surface area contributed by atoms with Gasteiger partial charge in [-0.2, -0.15) is 0 Å². The highest BCUT2D eigenvalue weighted by Crippen LogP contribution is 2.52. The van der Waals surface area contributed by atoms with Gasteiger partial charge in [0.25, 0.3) is 5.91 Å². The smallest absolute Gasteiger partial charge is 0.254 e. The summed E-state index contributed by atoms with van der Waals surface area (Å²) in [4.78, 5) is 15.0. The number of fused-ring (bicyclic) bond motifs is 2. The number of nitrogens with zero attached hydrogens (tertiary/aromatic N) is 1. The molecule has 2 atom stereocenters. The van der Waals surface area contributed by atoms with Gasteiger partial charge in [0, 0.05) is 21.7 Å². The van der Waals surface area contributed by atoms with Crippen LogP contribution in [0.1, 0.15) is 50.4 Å². The molecule has 1 saturated heterocycles. The Bertz CT molecular complexity index is 600. The van der Waals surface area contributed by atoms with Crippen LogP contribution in [0.2, 0.25) is 5.02 Å². The molecule has 1 aliphatic heterocycles. The fourth-order valence-electron chi connectivity index (χ4n) is 4.49. The molecule has 21 heavy (non-hydrogen) atoms. The Morgan fingerprint density at radius 3 is 2.71 bits per heavy atom. The number of hydrogen-bond acceptors (Lipinski definition) is 1. The van der Waals surface area contributed by atoms with Gasteiger partial charge in [-0.15, -0.1) is 0 Å². The molecule has 3 rings (SSSR count). The molecule has 114 valence electrons. The highest BCUT2D eigenvalue weighted by atomic mass is 127. The van der Waals surface area contributed by atoms with E-state index >= 15 is 0 Å². The van der Waals surface area contributed by atoms with Crippen molar-refractivity contribution in [1.82, 2.24) is 4.90 Å². The van der Waals surface area contributed by atoms with Crippen LogP contribution in [-0.4, -0.2) is 23.4 Å². The van der Waals surface area contributed by atoms with Crippen molar-refractivity contribution in [2.45, 2.75) is 46.1 Å². The van der Waals surface area contributed by atoms with Gasteiger partial charge in [0.1, 0.15) is 0 Å². The minimum Gasteiger partial charge on any atom is -0.335 e. The van der Waals surface area contributed by atoms with Crippen molar-refractivity contribution in [2.24, 2.45) is 10.8 Å². The molecular formula is C17H21ClINO. The Balaban J connectivity index is 1.87. The predicted molar refractivity (Wildman–Crippen MR) is 94.7 cm³/mol. The first-order valence-electron chi connectivity index (χ1n) is 7.45. The second kappa shape index (κ2) is 5.12. The number of rotatable bonds is 1. The number of carbonyl (C=O) groups excluding carboxylic acids is 1. The van der Waals surface area contributed by atoms with Gasteiger partial charge in [0.05, 0.1) is 5.02 Å². The summed E-state index contributed by atoms with van der Waals surface area (Å²) in [5, 5.41) is 0.662. The minimum atomic E-state index is 0.139. The zero-order valence-corrected chi connectivity index (χ0v) is 15.7. The average molecular weight is 418 g/mol. The maximum absolute atomic E-state index is 12.9. The van der Waals surface area contributed by atoms with Crippen LogP contribution in [0.5, 0.6) is 0 Å². The summed E-state index contributed by atoms with van der Waals surface area (Å²) >= 11 is 8.36. The Hall–Kier alpha value is -0.290. The lowest BCUT2D eigenvalue weighted by Crippen LogP contribution is -2.37. The van der Waals surface area contributed by atoms with Crippen molar-refractivity contribution >= 4 is 40.1 Å². The van der Waals surface area contributed by atoms with Gasteiger partial charge in [-0.25, -0.2) is 0 Å². The van der Waals surface area contributed by atoms with Crippen molar-refractivity contribution in [3.8, 4) is 0 Å². The zero-order chi connectivity index (χ0) is 15.4. The van der Waals surface area contributed by atoms with E-state index in [0.717, 1.165) is 28.5 Å². The molecule has 0 N–H and O–H groups in total. The van der Waals surface area contributed by atoms with Crippen LogP contribution < -0.4 is 0 Å². The lowest BCUT2D eigenvalue weighted by Gasteiger charge is -2.39. The molecule has 4 heteroatoms. The third-order valence-corrected chi connectivity index (χ3v) is 6.41. The molecule has 2 bridgehead atoms. The molecule has 0 radical (unpaired) electrons. The highest BCUT2D eigenvalue weighted by molar-refractivity contribution is 14.1. The third kappa shape index (κ3) is 2.96. The second-order valence-electron chi connectivity index (χ2n) is 7.78. The Labute approximate surface area is 145 Å². The van der Waals surface area contributed by atoms with Crippen LogP contribution in [0, 0.1) is 14.4 Å². The van der Waals surface area contributed by atoms with E-state index in [1.54, 1.807) is 6.07 Å². The zero-order valence-electron chi connectivity index (χ0n) is 12.7. The predicted octanol–water partition coefficient (Wildman–Crippen LogP) is 4.99. The number of hydrogen-bond donors (Lipinski definition) is 0. The van der Waals surface area contributed by atoms with Crippen LogP contribution in [-0.2, 0) is 0 Å². The summed E-state index contributed by atoms with van der Waals surface area (Å²) < 4.78 is 0.985. The van der Waals surface area contributed by atoms with Gasteiger partial charge >= 0.3 is 0 Å². The molecule has 1 aliphatic carbocycles. The van der Waals surface area contributed by atoms with Crippen molar-refractivity contribution in [3.05, 3.63) is 32.4 Å². The summed E-state index contributed by atoms with van der Waals surface area (Å²) in [6.45, 7) is 7.86. The van der Waals surface area contributed by atoms with Gasteiger partial charge in [-0.1, -0.05) is 32.4 Å². The molecule has 1 aromatic carbocycles. The molecular weight excluding hydrogens is 397 g/mol. The molecule has 1 amide bonds. The van der Waals surface area contributed by atoms with E-state index in [4.69, 9.17) is 11.6 Å². The summed E-state index contributed by atoms with van der Waals surface area (Å²) in [7, 11) is 0. The van der Waals surface area contributed by atoms with E-state index in [-0.39, 0.29) is 11.3 Å². The molecule has 1 aromatic rings. The van der Waals surface area contributed by atoms with Crippen LogP contribution >= 0.6 is 34.2 Å². The quantitative estimate of drug-likeness (QED) is 0.590. The summed E-state index contributed by atoms with van der Waals surface area (Å²) in [5.41, 5.74) is 1.32. The van der Waals surface area contributed by atoms with Gasteiger partial charge in [-0.3, -0.25) is 4.79 Å². The van der Waals surface area contributed by atoms with Crippen LogP contribution in [0.4, 0.5) is 0 Å². The Kier molecular flexibility index (Phi) is 3.80.